The highest BCUT2D eigenvalue weighted by Crippen LogP contribution is 2.10. The van der Waals surface area contributed by atoms with Crippen LogP contribution in [-0.2, 0) is 0 Å². The molecule has 2 nitrogen and oxygen atoms in total. The van der Waals surface area contributed by atoms with Gasteiger partial charge in [-0.3, -0.25) is 0 Å². The van der Waals surface area contributed by atoms with Gasteiger partial charge in [-0.15, -0.1) is 0 Å². The van der Waals surface area contributed by atoms with E-state index in [0.29, 0.717) is 0 Å². The van der Waals surface area contributed by atoms with Crippen molar-refractivity contribution < 1.29 is 10.2 Å². The fourth-order valence-corrected chi connectivity index (χ4v) is 0.575. The van der Waals surface area contributed by atoms with Gasteiger partial charge in [-0.2, -0.15) is 0 Å². The fourth-order valence-electron chi connectivity index (χ4n) is 0.575. The van der Waals surface area contributed by atoms with Crippen molar-refractivity contribution >= 4 is 0 Å². The first-order valence-corrected chi connectivity index (χ1v) is 4.09. The SMILES string of the molecule is C/C=C(\C)C=C[C@H](O)C(C)(C)O. The van der Waals surface area contributed by atoms with Crippen molar-refractivity contribution in [2.45, 2.75) is 39.4 Å². The highest BCUT2D eigenvalue weighted by Gasteiger charge is 2.21. The summed E-state index contributed by atoms with van der Waals surface area (Å²) in [6, 6.07) is 0. The third kappa shape index (κ3) is 4.31. The summed E-state index contributed by atoms with van der Waals surface area (Å²) in [4.78, 5) is 0. The summed E-state index contributed by atoms with van der Waals surface area (Å²) in [6.07, 6.45) is 4.51. The van der Waals surface area contributed by atoms with Crippen LogP contribution in [0.25, 0.3) is 0 Å². The van der Waals surface area contributed by atoms with Crippen LogP contribution in [0.5, 0.6) is 0 Å². The monoisotopic (exact) mass is 170 g/mol. The number of rotatable bonds is 3. The van der Waals surface area contributed by atoms with Gasteiger partial charge in [0.05, 0.1) is 5.60 Å². The van der Waals surface area contributed by atoms with Crippen LogP contribution in [0, 0.1) is 0 Å². The first-order chi connectivity index (χ1) is 5.38. The van der Waals surface area contributed by atoms with Gasteiger partial charge in [0.15, 0.2) is 0 Å². The number of aliphatic hydroxyl groups is 2. The van der Waals surface area contributed by atoms with E-state index in [-0.39, 0.29) is 0 Å². The van der Waals surface area contributed by atoms with E-state index in [4.69, 9.17) is 0 Å². The average molecular weight is 170 g/mol. The van der Waals surface area contributed by atoms with Gasteiger partial charge in [-0.1, -0.05) is 23.8 Å². The van der Waals surface area contributed by atoms with Crippen molar-refractivity contribution in [1.29, 1.82) is 0 Å². The Morgan fingerprint density at radius 1 is 1.42 bits per heavy atom. The fraction of sp³-hybridized carbons (Fsp3) is 0.600. The molecule has 0 aliphatic carbocycles. The van der Waals surface area contributed by atoms with Crippen molar-refractivity contribution in [3.8, 4) is 0 Å². The minimum atomic E-state index is -1.06. The minimum absolute atomic E-state index is 0.813. The summed E-state index contributed by atoms with van der Waals surface area (Å²) in [5, 5.41) is 18.7. The van der Waals surface area contributed by atoms with Crippen LogP contribution in [0.3, 0.4) is 0 Å². The second kappa shape index (κ2) is 4.43. The Labute approximate surface area is 74.2 Å². The van der Waals surface area contributed by atoms with Crippen molar-refractivity contribution in [1.82, 2.24) is 0 Å². The maximum absolute atomic E-state index is 9.37. The lowest BCUT2D eigenvalue weighted by atomic mass is 10.0. The van der Waals surface area contributed by atoms with Crippen molar-refractivity contribution in [3.05, 3.63) is 23.8 Å². The highest BCUT2D eigenvalue weighted by atomic mass is 16.3. The number of allylic oxidation sites excluding steroid dienone is 3. The van der Waals surface area contributed by atoms with Gasteiger partial charge in [0.25, 0.3) is 0 Å². The van der Waals surface area contributed by atoms with Crippen molar-refractivity contribution in [3.63, 3.8) is 0 Å². The molecule has 0 unspecified atom stereocenters. The lowest BCUT2D eigenvalue weighted by molar-refractivity contribution is -0.0226. The Morgan fingerprint density at radius 2 is 1.92 bits per heavy atom. The molecule has 2 N–H and O–H groups in total. The zero-order valence-electron chi connectivity index (χ0n) is 8.20. The Morgan fingerprint density at radius 3 is 2.25 bits per heavy atom. The molecule has 70 valence electrons. The molecule has 0 aromatic rings. The van der Waals surface area contributed by atoms with E-state index >= 15 is 0 Å². The molecule has 0 aromatic carbocycles. The van der Waals surface area contributed by atoms with E-state index in [9.17, 15) is 10.2 Å². The summed E-state index contributed by atoms with van der Waals surface area (Å²) in [5.74, 6) is 0. The van der Waals surface area contributed by atoms with Gasteiger partial charge < -0.3 is 10.2 Å². The van der Waals surface area contributed by atoms with E-state index in [1.54, 1.807) is 26.0 Å². The molecule has 2 heteroatoms. The van der Waals surface area contributed by atoms with E-state index in [0.717, 1.165) is 5.57 Å². The largest absolute Gasteiger partial charge is 0.387 e. The number of hydrogen-bond acceptors (Lipinski definition) is 2. The summed E-state index contributed by atoms with van der Waals surface area (Å²) in [6.45, 7) is 7.02. The molecule has 0 heterocycles. The Hall–Kier alpha value is -0.600. The van der Waals surface area contributed by atoms with Crippen LogP contribution >= 0.6 is 0 Å². The van der Waals surface area contributed by atoms with Gasteiger partial charge in [-0.05, 0) is 27.7 Å². The molecule has 0 fully saturated rings. The van der Waals surface area contributed by atoms with E-state index in [1.165, 1.54) is 0 Å². The Kier molecular flexibility index (Phi) is 4.21. The third-order valence-corrected chi connectivity index (χ3v) is 1.72. The second-order valence-electron chi connectivity index (χ2n) is 3.49. The third-order valence-electron chi connectivity index (χ3n) is 1.72. The topological polar surface area (TPSA) is 40.5 Å². The average Bonchev–Trinajstić information content (AvgIpc) is 1.97. The maximum atomic E-state index is 9.37. The maximum Gasteiger partial charge on any atom is 0.101 e. The summed E-state index contributed by atoms with van der Waals surface area (Å²) < 4.78 is 0. The first kappa shape index (κ1) is 11.4. The van der Waals surface area contributed by atoms with Crippen molar-refractivity contribution in [2.24, 2.45) is 0 Å². The predicted molar refractivity (Wildman–Crippen MR) is 50.9 cm³/mol. The molecular weight excluding hydrogens is 152 g/mol. The molecule has 0 radical (unpaired) electrons. The van der Waals surface area contributed by atoms with Crippen LogP contribution < -0.4 is 0 Å². The normalized spacial score (nSPS) is 17.0. The zero-order valence-corrected chi connectivity index (χ0v) is 8.20. The van der Waals surface area contributed by atoms with Gasteiger partial charge >= 0.3 is 0 Å². The Balaban J connectivity index is 4.18. The summed E-state index contributed by atoms with van der Waals surface area (Å²) >= 11 is 0. The first-order valence-electron chi connectivity index (χ1n) is 4.09. The second-order valence-corrected chi connectivity index (χ2v) is 3.49. The smallest absolute Gasteiger partial charge is 0.101 e. The van der Waals surface area contributed by atoms with Crippen molar-refractivity contribution in [2.75, 3.05) is 0 Å². The lowest BCUT2D eigenvalue weighted by Gasteiger charge is -2.21. The van der Waals surface area contributed by atoms with Crippen LogP contribution in [0.1, 0.15) is 27.7 Å². The zero-order chi connectivity index (χ0) is 9.78. The van der Waals surface area contributed by atoms with E-state index in [2.05, 4.69) is 0 Å². The van der Waals surface area contributed by atoms with Gasteiger partial charge in [0.2, 0.25) is 0 Å². The van der Waals surface area contributed by atoms with Crippen LogP contribution in [0.4, 0.5) is 0 Å². The molecule has 0 bridgehead atoms. The molecule has 0 aromatic heterocycles. The molecule has 12 heavy (non-hydrogen) atoms. The predicted octanol–water partition coefficient (Wildman–Crippen LogP) is 1.64. The molecule has 0 saturated carbocycles. The summed E-state index contributed by atoms with van der Waals surface area (Å²) in [5.41, 5.74) is 0.00291. The lowest BCUT2D eigenvalue weighted by Crippen LogP contribution is -2.34. The number of hydrogen-bond donors (Lipinski definition) is 2. The number of aliphatic hydroxyl groups excluding tert-OH is 1. The quantitative estimate of drug-likeness (QED) is 0.632. The molecule has 0 spiro atoms. The van der Waals surface area contributed by atoms with E-state index in [1.807, 2.05) is 19.9 Å². The molecule has 0 aliphatic rings. The van der Waals surface area contributed by atoms with Gasteiger partial charge in [-0.25, -0.2) is 0 Å². The van der Waals surface area contributed by atoms with Gasteiger partial charge in [0.1, 0.15) is 6.10 Å². The Bertz CT molecular complexity index is 185. The van der Waals surface area contributed by atoms with Crippen LogP contribution in [-0.4, -0.2) is 21.9 Å². The minimum Gasteiger partial charge on any atom is -0.387 e. The van der Waals surface area contributed by atoms with Gasteiger partial charge in [0, 0.05) is 0 Å². The molecular formula is C10H18O2. The van der Waals surface area contributed by atoms with Crippen LogP contribution in [0.2, 0.25) is 0 Å². The molecule has 0 amide bonds. The standard InChI is InChI=1S/C10H18O2/c1-5-8(2)6-7-9(11)10(3,4)12/h5-7,9,11-12H,1-4H3/b7-6?,8-5+/t9-/m0/s1. The van der Waals surface area contributed by atoms with E-state index < -0.39 is 11.7 Å². The highest BCUT2D eigenvalue weighted by molar-refractivity contribution is 5.17. The molecule has 0 aliphatic heterocycles. The van der Waals surface area contributed by atoms with Crippen LogP contribution in [0.15, 0.2) is 23.8 Å². The molecule has 0 saturated heterocycles. The summed E-state index contributed by atoms with van der Waals surface area (Å²) in [7, 11) is 0. The molecule has 0 rings (SSSR count). The molecule has 1 atom stereocenters.